The second-order valence-electron chi connectivity index (χ2n) is 5.49. The van der Waals surface area contributed by atoms with Crippen LogP contribution in [0, 0.1) is 0 Å². The highest BCUT2D eigenvalue weighted by atomic mass is 32.1. The van der Waals surface area contributed by atoms with Crippen molar-refractivity contribution in [1.29, 1.82) is 0 Å². The third-order valence-corrected chi connectivity index (χ3v) is 4.73. The Balaban J connectivity index is 1.95. The Bertz CT molecular complexity index is 489. The predicted molar refractivity (Wildman–Crippen MR) is 77.6 cm³/mol. The topological polar surface area (TPSA) is 60.9 Å². The van der Waals surface area contributed by atoms with Gasteiger partial charge in [-0.15, -0.1) is 0 Å². The molecule has 6 heteroatoms. The van der Waals surface area contributed by atoms with Crippen LogP contribution in [0.1, 0.15) is 25.3 Å². The number of amides is 1. The second kappa shape index (κ2) is 5.93. The van der Waals surface area contributed by atoms with Crippen molar-refractivity contribution >= 4 is 23.2 Å². The van der Waals surface area contributed by atoms with Crippen molar-refractivity contribution < 1.29 is 14.7 Å². The Morgan fingerprint density at radius 2 is 2.30 bits per heavy atom. The van der Waals surface area contributed by atoms with E-state index in [0.29, 0.717) is 19.5 Å². The van der Waals surface area contributed by atoms with Crippen LogP contribution >= 0.6 is 11.3 Å². The van der Waals surface area contributed by atoms with E-state index in [-0.39, 0.29) is 12.5 Å². The van der Waals surface area contributed by atoms with E-state index in [0.717, 1.165) is 12.0 Å². The molecule has 1 aromatic heterocycles. The average molecular weight is 296 g/mol. The van der Waals surface area contributed by atoms with Crippen molar-refractivity contribution in [2.24, 2.45) is 0 Å². The van der Waals surface area contributed by atoms with Gasteiger partial charge in [-0.25, -0.2) is 0 Å². The van der Waals surface area contributed by atoms with Crippen molar-refractivity contribution in [2.45, 2.75) is 31.8 Å². The minimum atomic E-state index is -0.904. The normalized spacial score (nSPS) is 22.9. The van der Waals surface area contributed by atoms with E-state index >= 15 is 0 Å². The molecule has 1 aliphatic heterocycles. The summed E-state index contributed by atoms with van der Waals surface area (Å²) in [6, 6.07) is 1.99. The van der Waals surface area contributed by atoms with Crippen LogP contribution in [-0.2, 0) is 16.1 Å². The van der Waals surface area contributed by atoms with Gasteiger partial charge in [-0.3, -0.25) is 14.5 Å². The summed E-state index contributed by atoms with van der Waals surface area (Å²) in [5.41, 5.74) is 0.201. The molecule has 0 saturated carbocycles. The lowest BCUT2D eigenvalue weighted by molar-refractivity contribution is -0.150. The molecular weight excluding hydrogens is 276 g/mol. The van der Waals surface area contributed by atoms with E-state index in [9.17, 15) is 14.7 Å². The average Bonchev–Trinajstić information content (AvgIpc) is 3.01. The lowest BCUT2D eigenvalue weighted by Crippen LogP contribution is -2.51. The predicted octanol–water partition coefficient (Wildman–Crippen LogP) is 1.65. The van der Waals surface area contributed by atoms with Gasteiger partial charge in [0.1, 0.15) is 5.54 Å². The number of carboxylic acid groups (broad SMARTS) is 1. The molecule has 2 rings (SSSR count). The van der Waals surface area contributed by atoms with Crippen LogP contribution in [0.5, 0.6) is 0 Å². The molecule has 110 valence electrons. The van der Waals surface area contributed by atoms with E-state index in [2.05, 4.69) is 0 Å². The molecule has 0 aliphatic carbocycles. The number of likely N-dealkylation sites (N-methyl/N-ethyl adjacent to an activating group) is 1. The molecule has 20 heavy (non-hydrogen) atoms. The van der Waals surface area contributed by atoms with E-state index in [1.807, 2.05) is 16.8 Å². The summed E-state index contributed by atoms with van der Waals surface area (Å²) in [6.45, 7) is 3.11. The fraction of sp³-hybridized carbons (Fsp3) is 0.571. The van der Waals surface area contributed by atoms with E-state index in [1.54, 1.807) is 35.1 Å². The Labute approximate surface area is 122 Å². The number of hydrogen-bond donors (Lipinski definition) is 1. The van der Waals surface area contributed by atoms with Gasteiger partial charge in [-0.1, -0.05) is 0 Å². The van der Waals surface area contributed by atoms with Crippen LogP contribution in [0.25, 0.3) is 0 Å². The summed E-state index contributed by atoms with van der Waals surface area (Å²) < 4.78 is 0. The lowest BCUT2D eigenvalue weighted by atomic mass is 9.99. The first-order valence-corrected chi connectivity index (χ1v) is 7.61. The Kier molecular flexibility index (Phi) is 4.45. The molecule has 1 fully saturated rings. The van der Waals surface area contributed by atoms with Crippen molar-refractivity contribution in [3.8, 4) is 0 Å². The van der Waals surface area contributed by atoms with Crippen molar-refractivity contribution in [1.82, 2.24) is 9.80 Å². The molecule has 0 bridgehead atoms. The lowest BCUT2D eigenvalue weighted by Gasteiger charge is -2.31. The zero-order valence-electron chi connectivity index (χ0n) is 11.8. The summed E-state index contributed by atoms with van der Waals surface area (Å²) in [6.07, 6.45) is 1.42. The minimum absolute atomic E-state index is 0.0365. The first-order valence-electron chi connectivity index (χ1n) is 6.67. The standard InChI is InChI=1S/C14H20N2O3S/c1-14(13(18)19)5-3-6-16(14)9-12(17)15(2)8-11-4-7-20-10-11/h4,7,10H,3,5-6,8-9H2,1-2H3,(H,18,19). The molecule has 1 unspecified atom stereocenters. The molecule has 1 atom stereocenters. The van der Waals surface area contributed by atoms with Gasteiger partial charge < -0.3 is 10.0 Å². The first-order chi connectivity index (χ1) is 9.43. The second-order valence-corrected chi connectivity index (χ2v) is 6.27. The number of likely N-dealkylation sites (tertiary alicyclic amines) is 1. The van der Waals surface area contributed by atoms with Crippen LogP contribution in [0.15, 0.2) is 16.8 Å². The van der Waals surface area contributed by atoms with Gasteiger partial charge in [0.05, 0.1) is 6.54 Å². The number of aliphatic carboxylic acids is 1. The molecule has 5 nitrogen and oxygen atoms in total. The summed E-state index contributed by atoms with van der Waals surface area (Å²) in [5.74, 6) is -0.881. The zero-order chi connectivity index (χ0) is 14.8. The maximum atomic E-state index is 12.2. The summed E-state index contributed by atoms with van der Waals surface area (Å²) in [7, 11) is 1.76. The highest BCUT2D eigenvalue weighted by Crippen LogP contribution is 2.29. The van der Waals surface area contributed by atoms with Crippen LogP contribution < -0.4 is 0 Å². The fourth-order valence-electron chi connectivity index (χ4n) is 2.54. The van der Waals surface area contributed by atoms with E-state index in [4.69, 9.17) is 0 Å². The minimum Gasteiger partial charge on any atom is -0.480 e. The molecule has 1 saturated heterocycles. The highest BCUT2D eigenvalue weighted by molar-refractivity contribution is 7.07. The van der Waals surface area contributed by atoms with Gasteiger partial charge in [0.2, 0.25) is 5.91 Å². The SMILES string of the molecule is CN(Cc1ccsc1)C(=O)CN1CCCC1(C)C(=O)O. The highest BCUT2D eigenvalue weighted by Gasteiger charge is 2.44. The van der Waals surface area contributed by atoms with Crippen LogP contribution in [-0.4, -0.2) is 52.5 Å². The van der Waals surface area contributed by atoms with Crippen LogP contribution in [0.2, 0.25) is 0 Å². The monoisotopic (exact) mass is 296 g/mol. The number of carbonyl (C=O) groups excluding carboxylic acids is 1. The molecule has 1 aliphatic rings. The maximum Gasteiger partial charge on any atom is 0.323 e. The third kappa shape index (κ3) is 3.02. The number of rotatable bonds is 5. The molecule has 0 aromatic carbocycles. The van der Waals surface area contributed by atoms with Gasteiger partial charge in [-0.2, -0.15) is 11.3 Å². The molecule has 0 spiro atoms. The molecule has 0 radical (unpaired) electrons. The van der Waals surface area contributed by atoms with E-state index in [1.165, 1.54) is 0 Å². The molecule has 1 aromatic rings. The zero-order valence-corrected chi connectivity index (χ0v) is 12.7. The Hall–Kier alpha value is -1.40. The number of nitrogens with zero attached hydrogens (tertiary/aromatic N) is 2. The van der Waals surface area contributed by atoms with Crippen molar-refractivity contribution in [2.75, 3.05) is 20.1 Å². The largest absolute Gasteiger partial charge is 0.480 e. The number of carbonyl (C=O) groups is 2. The molecular formula is C14H20N2O3S. The van der Waals surface area contributed by atoms with Gasteiger partial charge >= 0.3 is 5.97 Å². The Morgan fingerprint density at radius 3 is 2.90 bits per heavy atom. The van der Waals surface area contributed by atoms with E-state index < -0.39 is 11.5 Å². The van der Waals surface area contributed by atoms with Crippen LogP contribution in [0.4, 0.5) is 0 Å². The van der Waals surface area contributed by atoms with Crippen LogP contribution in [0.3, 0.4) is 0 Å². The van der Waals surface area contributed by atoms with Gasteiger partial charge in [0.15, 0.2) is 0 Å². The van der Waals surface area contributed by atoms with Gasteiger partial charge in [0, 0.05) is 13.6 Å². The number of hydrogen-bond acceptors (Lipinski definition) is 4. The summed E-state index contributed by atoms with van der Waals surface area (Å²) in [5, 5.41) is 13.3. The van der Waals surface area contributed by atoms with Crippen molar-refractivity contribution in [3.05, 3.63) is 22.4 Å². The van der Waals surface area contributed by atoms with Gasteiger partial charge in [0.25, 0.3) is 0 Å². The number of thiophene rings is 1. The fourth-order valence-corrected chi connectivity index (χ4v) is 3.20. The third-order valence-electron chi connectivity index (χ3n) is 4.00. The van der Waals surface area contributed by atoms with Crippen molar-refractivity contribution in [3.63, 3.8) is 0 Å². The molecule has 1 N–H and O–H groups in total. The smallest absolute Gasteiger partial charge is 0.323 e. The van der Waals surface area contributed by atoms with Gasteiger partial charge in [-0.05, 0) is 48.7 Å². The Morgan fingerprint density at radius 1 is 1.55 bits per heavy atom. The summed E-state index contributed by atoms with van der Waals surface area (Å²) >= 11 is 1.60. The first kappa shape index (κ1) is 15.0. The molecule has 2 heterocycles. The number of carboxylic acids is 1. The quantitative estimate of drug-likeness (QED) is 0.897. The summed E-state index contributed by atoms with van der Waals surface area (Å²) in [4.78, 5) is 27.0. The molecule has 1 amide bonds. The maximum absolute atomic E-state index is 12.2.